The molecule has 0 atom stereocenters. The lowest BCUT2D eigenvalue weighted by Crippen LogP contribution is -2.14. The van der Waals surface area contributed by atoms with E-state index in [-0.39, 0.29) is 0 Å². The van der Waals surface area contributed by atoms with E-state index in [0.29, 0.717) is 11.4 Å². The van der Waals surface area contributed by atoms with Gasteiger partial charge in [0.1, 0.15) is 0 Å². The van der Waals surface area contributed by atoms with Crippen LogP contribution in [0.4, 0.5) is 0 Å². The highest BCUT2D eigenvalue weighted by Crippen LogP contribution is 2.32. The van der Waals surface area contributed by atoms with Crippen LogP contribution in [0.1, 0.15) is 12.5 Å². The first-order valence-corrected chi connectivity index (χ1v) is 6.45. The molecule has 0 saturated heterocycles. The summed E-state index contributed by atoms with van der Waals surface area (Å²) >= 11 is 0. The average molecular weight is 223 g/mol. The number of hydrogen-bond donors (Lipinski definition) is 1. The van der Waals surface area contributed by atoms with Crippen molar-refractivity contribution in [3.8, 4) is 0 Å². The fourth-order valence-corrected chi connectivity index (χ4v) is 3.18. The molecule has 1 heterocycles. The maximum atomic E-state index is 11.7. The van der Waals surface area contributed by atoms with E-state index >= 15 is 0 Å². The van der Waals surface area contributed by atoms with Gasteiger partial charge in [-0.05, 0) is 23.7 Å². The third-order valence-corrected chi connectivity index (χ3v) is 3.97. The Morgan fingerprint density at radius 1 is 1.27 bits per heavy atom. The third-order valence-electron chi connectivity index (χ3n) is 2.40. The fourth-order valence-electron chi connectivity index (χ4n) is 1.69. The molecule has 1 aliphatic rings. The summed E-state index contributed by atoms with van der Waals surface area (Å²) in [6, 6.07) is 7.11. The summed E-state index contributed by atoms with van der Waals surface area (Å²) in [6.07, 6.45) is 0. The summed E-state index contributed by atoms with van der Waals surface area (Å²) in [6.45, 7) is 3.43. The van der Waals surface area contributed by atoms with Gasteiger partial charge in [-0.3, -0.25) is 0 Å². The van der Waals surface area contributed by atoms with Gasteiger partial charge < -0.3 is 5.32 Å². The molecule has 0 spiro atoms. The van der Waals surface area contributed by atoms with Crippen LogP contribution in [0.5, 0.6) is 0 Å². The van der Waals surface area contributed by atoms with Crippen molar-refractivity contribution in [3.05, 3.63) is 35.2 Å². The Morgan fingerprint density at radius 3 is 2.73 bits per heavy atom. The van der Waals surface area contributed by atoms with Crippen molar-refractivity contribution >= 4 is 15.4 Å². The zero-order chi connectivity index (χ0) is 10.9. The molecule has 2 rings (SSSR count). The van der Waals surface area contributed by atoms with E-state index in [1.165, 1.54) is 5.41 Å². The number of fused-ring (bicyclic) bond motifs is 1. The number of sulfone groups is 1. The number of likely N-dealkylation sites (N-methyl/N-ethyl adjacent to an activating group) is 1. The lowest BCUT2D eigenvalue weighted by molar-refractivity contribution is 0.605. The second-order valence-corrected chi connectivity index (χ2v) is 5.23. The first-order chi connectivity index (χ1) is 7.15. The molecule has 1 aromatic rings. The van der Waals surface area contributed by atoms with Gasteiger partial charge in [0.15, 0.2) is 0 Å². The highest BCUT2D eigenvalue weighted by Gasteiger charge is 2.25. The number of nitrogens with one attached hydrogen (secondary N) is 1. The van der Waals surface area contributed by atoms with Gasteiger partial charge in [-0.15, -0.1) is 0 Å². The molecule has 1 N–H and O–H groups in total. The van der Waals surface area contributed by atoms with Crippen LogP contribution in [0.2, 0.25) is 0 Å². The van der Waals surface area contributed by atoms with E-state index in [9.17, 15) is 8.42 Å². The second kappa shape index (κ2) is 3.79. The van der Waals surface area contributed by atoms with Gasteiger partial charge in [0.2, 0.25) is 9.84 Å². The van der Waals surface area contributed by atoms with Crippen molar-refractivity contribution in [1.29, 1.82) is 0 Å². The molecule has 80 valence electrons. The van der Waals surface area contributed by atoms with Crippen LogP contribution in [0.15, 0.2) is 34.6 Å². The molecule has 15 heavy (non-hydrogen) atoms. The average Bonchev–Trinajstić information content (AvgIpc) is 2.49. The summed E-state index contributed by atoms with van der Waals surface area (Å²) in [5.74, 6) is 0. The minimum absolute atomic E-state index is 0.429. The Bertz CT molecular complexity index is 503. The van der Waals surface area contributed by atoms with Crippen LogP contribution in [0.3, 0.4) is 0 Å². The molecular formula is C11H13NO2S. The first-order valence-electron chi connectivity index (χ1n) is 4.91. The maximum Gasteiger partial charge on any atom is 0.200 e. The van der Waals surface area contributed by atoms with Crippen molar-refractivity contribution in [2.75, 3.05) is 13.1 Å². The topological polar surface area (TPSA) is 46.2 Å². The largest absolute Gasteiger partial charge is 0.313 e. The lowest BCUT2D eigenvalue weighted by atomic mass is 10.1. The van der Waals surface area contributed by atoms with E-state index in [4.69, 9.17) is 0 Å². The molecule has 0 unspecified atom stereocenters. The van der Waals surface area contributed by atoms with Crippen molar-refractivity contribution in [2.45, 2.75) is 11.8 Å². The Hall–Kier alpha value is -1.13. The minimum Gasteiger partial charge on any atom is -0.313 e. The van der Waals surface area contributed by atoms with Crippen molar-refractivity contribution in [1.82, 2.24) is 5.32 Å². The van der Waals surface area contributed by atoms with Crippen LogP contribution in [0, 0.1) is 0 Å². The predicted octanol–water partition coefficient (Wildman–Crippen LogP) is 1.42. The Morgan fingerprint density at radius 2 is 2.00 bits per heavy atom. The molecule has 0 fully saturated rings. The Balaban J connectivity index is 2.44. The van der Waals surface area contributed by atoms with Crippen LogP contribution in [0.25, 0.3) is 5.57 Å². The maximum absolute atomic E-state index is 11.7. The minimum atomic E-state index is -3.19. The number of rotatable bonds is 3. The molecule has 3 nitrogen and oxygen atoms in total. The van der Waals surface area contributed by atoms with E-state index in [2.05, 4.69) is 5.32 Å². The van der Waals surface area contributed by atoms with Crippen LogP contribution in [-0.2, 0) is 9.84 Å². The molecule has 0 bridgehead atoms. The highest BCUT2D eigenvalue weighted by molar-refractivity contribution is 7.95. The Kier molecular flexibility index (Phi) is 2.63. The monoisotopic (exact) mass is 223 g/mol. The summed E-state index contributed by atoms with van der Waals surface area (Å²) in [5.41, 5.74) is 1.69. The van der Waals surface area contributed by atoms with Crippen molar-refractivity contribution in [3.63, 3.8) is 0 Å². The van der Waals surface area contributed by atoms with Crippen LogP contribution < -0.4 is 5.32 Å². The van der Waals surface area contributed by atoms with Gasteiger partial charge in [0.25, 0.3) is 0 Å². The van der Waals surface area contributed by atoms with E-state index in [0.717, 1.165) is 17.7 Å². The molecular weight excluding hydrogens is 210 g/mol. The molecule has 1 aromatic carbocycles. The molecule has 0 radical (unpaired) electrons. The number of hydrogen-bond acceptors (Lipinski definition) is 3. The standard InChI is InChI=1S/C11H13NO2S/c1-2-12-7-9-8-15(13,14)11-6-4-3-5-10(9)11/h3-6,8,12H,2,7H2,1H3. The highest BCUT2D eigenvalue weighted by atomic mass is 32.2. The van der Waals surface area contributed by atoms with E-state index < -0.39 is 9.84 Å². The summed E-state index contributed by atoms with van der Waals surface area (Å²) in [7, 11) is -3.19. The van der Waals surface area contributed by atoms with Gasteiger partial charge >= 0.3 is 0 Å². The predicted molar refractivity (Wildman–Crippen MR) is 60.1 cm³/mol. The molecule has 0 aromatic heterocycles. The summed E-state index contributed by atoms with van der Waals surface area (Å²) in [5, 5.41) is 4.50. The van der Waals surface area contributed by atoms with Crippen molar-refractivity contribution < 1.29 is 8.42 Å². The molecule has 0 amide bonds. The van der Waals surface area contributed by atoms with Gasteiger partial charge in [0.05, 0.1) is 4.90 Å². The lowest BCUT2D eigenvalue weighted by Gasteiger charge is -2.03. The molecule has 0 aliphatic carbocycles. The SMILES string of the molecule is CCNCC1=CS(=O)(=O)c2ccccc21. The quantitative estimate of drug-likeness (QED) is 0.843. The smallest absolute Gasteiger partial charge is 0.200 e. The van der Waals surface area contributed by atoms with Gasteiger partial charge in [-0.1, -0.05) is 25.1 Å². The third kappa shape index (κ3) is 1.82. The van der Waals surface area contributed by atoms with E-state index in [1.807, 2.05) is 19.1 Å². The molecule has 1 aliphatic heterocycles. The van der Waals surface area contributed by atoms with E-state index in [1.54, 1.807) is 12.1 Å². The van der Waals surface area contributed by atoms with Gasteiger partial charge in [-0.25, -0.2) is 8.42 Å². The molecule has 4 heteroatoms. The van der Waals surface area contributed by atoms with Gasteiger partial charge in [-0.2, -0.15) is 0 Å². The normalized spacial score (nSPS) is 17.3. The van der Waals surface area contributed by atoms with Crippen LogP contribution >= 0.6 is 0 Å². The fraction of sp³-hybridized carbons (Fsp3) is 0.273. The Labute approximate surface area is 89.7 Å². The van der Waals surface area contributed by atoms with Gasteiger partial charge in [0, 0.05) is 12.0 Å². The second-order valence-electron chi connectivity index (χ2n) is 3.46. The van der Waals surface area contributed by atoms with Crippen molar-refractivity contribution in [2.24, 2.45) is 0 Å². The number of benzene rings is 1. The zero-order valence-corrected chi connectivity index (χ0v) is 9.34. The molecule has 0 saturated carbocycles. The summed E-state index contributed by atoms with van der Waals surface area (Å²) in [4.78, 5) is 0.429. The summed E-state index contributed by atoms with van der Waals surface area (Å²) < 4.78 is 23.4. The first kappa shape index (κ1) is 10.4. The van der Waals surface area contributed by atoms with Crippen LogP contribution in [-0.4, -0.2) is 21.5 Å². The zero-order valence-electron chi connectivity index (χ0n) is 8.53.